The van der Waals surface area contributed by atoms with E-state index in [1.165, 1.54) is 10.7 Å². The maximum Gasteiger partial charge on any atom is 0.225 e. The molecule has 1 amide bonds. The molecule has 18 heavy (non-hydrogen) atoms. The maximum absolute atomic E-state index is 12.0. The fraction of sp³-hybridized carbons (Fsp3) is 0.714. The van der Waals surface area contributed by atoms with Crippen molar-refractivity contribution in [3.05, 3.63) is 16.1 Å². The van der Waals surface area contributed by atoms with Crippen LogP contribution in [-0.2, 0) is 11.2 Å². The molecular formula is C14H20N2OS. The van der Waals surface area contributed by atoms with Gasteiger partial charge in [-0.25, -0.2) is 4.98 Å². The summed E-state index contributed by atoms with van der Waals surface area (Å²) in [7, 11) is 0. The lowest BCUT2D eigenvalue weighted by molar-refractivity contribution is -0.133. The highest BCUT2D eigenvalue weighted by Crippen LogP contribution is 2.35. The van der Waals surface area contributed by atoms with Crippen molar-refractivity contribution in [2.45, 2.75) is 44.9 Å². The predicted octanol–water partition coefficient (Wildman–Crippen LogP) is 2.82. The van der Waals surface area contributed by atoms with Crippen molar-refractivity contribution in [3.63, 3.8) is 0 Å². The molecule has 3 nitrogen and oxygen atoms in total. The van der Waals surface area contributed by atoms with E-state index >= 15 is 0 Å². The number of aryl methyl sites for hydroxylation is 1. The molecule has 3 rings (SSSR count). The Balaban J connectivity index is 1.57. The van der Waals surface area contributed by atoms with Gasteiger partial charge in [0.1, 0.15) is 0 Å². The molecule has 2 aliphatic rings. The van der Waals surface area contributed by atoms with E-state index in [1.807, 2.05) is 0 Å². The van der Waals surface area contributed by atoms with E-state index in [0.717, 1.165) is 45.2 Å². The zero-order chi connectivity index (χ0) is 12.5. The fourth-order valence-electron chi connectivity index (χ4n) is 2.61. The number of hydrogen-bond donors (Lipinski definition) is 0. The minimum Gasteiger partial charge on any atom is -0.342 e. The van der Waals surface area contributed by atoms with Crippen LogP contribution in [0.4, 0.5) is 0 Å². The van der Waals surface area contributed by atoms with Gasteiger partial charge in [0, 0.05) is 30.3 Å². The number of hydrogen-bond acceptors (Lipinski definition) is 3. The fourth-order valence-corrected chi connectivity index (χ4v) is 3.68. The van der Waals surface area contributed by atoms with Gasteiger partial charge in [-0.2, -0.15) is 0 Å². The number of aromatic nitrogens is 1. The smallest absolute Gasteiger partial charge is 0.225 e. The van der Waals surface area contributed by atoms with E-state index in [2.05, 4.69) is 22.2 Å². The van der Waals surface area contributed by atoms with Gasteiger partial charge in [0.05, 0.1) is 10.7 Å². The van der Waals surface area contributed by atoms with Gasteiger partial charge < -0.3 is 4.90 Å². The molecule has 0 atom stereocenters. The highest BCUT2D eigenvalue weighted by atomic mass is 32.1. The van der Waals surface area contributed by atoms with Crippen molar-refractivity contribution in [3.8, 4) is 0 Å². The molecule has 2 fully saturated rings. The van der Waals surface area contributed by atoms with Crippen LogP contribution < -0.4 is 0 Å². The Labute approximate surface area is 112 Å². The van der Waals surface area contributed by atoms with E-state index in [9.17, 15) is 4.79 Å². The lowest BCUT2D eigenvalue weighted by atomic mass is 9.97. The summed E-state index contributed by atoms with van der Waals surface area (Å²) < 4.78 is 0. The molecule has 1 aliphatic heterocycles. The first kappa shape index (κ1) is 12.2. The average molecular weight is 264 g/mol. The third kappa shape index (κ3) is 2.44. The van der Waals surface area contributed by atoms with Gasteiger partial charge in [-0.05, 0) is 32.1 Å². The van der Waals surface area contributed by atoms with Gasteiger partial charge in [0.2, 0.25) is 5.91 Å². The first-order valence-electron chi connectivity index (χ1n) is 7.01. The summed E-state index contributed by atoms with van der Waals surface area (Å²) >= 11 is 1.79. The molecule has 4 heteroatoms. The molecule has 98 valence electrons. The van der Waals surface area contributed by atoms with Crippen molar-refractivity contribution >= 4 is 17.2 Å². The predicted molar refractivity (Wildman–Crippen MR) is 72.8 cm³/mol. The quantitative estimate of drug-likeness (QED) is 0.841. The summed E-state index contributed by atoms with van der Waals surface area (Å²) in [6.07, 6.45) is 5.44. The van der Waals surface area contributed by atoms with Crippen LogP contribution in [0.2, 0.25) is 0 Å². The Morgan fingerprint density at radius 1 is 1.39 bits per heavy atom. The first-order chi connectivity index (χ1) is 8.78. The highest BCUT2D eigenvalue weighted by Gasteiger charge is 2.35. The van der Waals surface area contributed by atoms with Crippen LogP contribution in [0.25, 0.3) is 0 Å². The van der Waals surface area contributed by atoms with E-state index in [4.69, 9.17) is 0 Å². The zero-order valence-electron chi connectivity index (χ0n) is 10.9. The average Bonchev–Trinajstić information content (AvgIpc) is 3.16. The van der Waals surface area contributed by atoms with Crippen molar-refractivity contribution in [1.82, 2.24) is 9.88 Å². The minimum atomic E-state index is 0.369. The number of carbonyl (C=O) groups is 1. The van der Waals surface area contributed by atoms with Crippen LogP contribution in [0.5, 0.6) is 0 Å². The number of amides is 1. The molecule has 0 bridgehead atoms. The van der Waals surface area contributed by atoms with Crippen molar-refractivity contribution in [1.29, 1.82) is 0 Å². The summed E-state index contributed by atoms with van der Waals surface area (Å²) in [6.45, 7) is 4.01. The highest BCUT2D eigenvalue weighted by molar-refractivity contribution is 7.09. The molecule has 1 aliphatic carbocycles. The summed E-state index contributed by atoms with van der Waals surface area (Å²) in [5.41, 5.74) is 1.21. The van der Waals surface area contributed by atoms with Crippen LogP contribution in [0.15, 0.2) is 5.38 Å². The number of likely N-dealkylation sites (tertiary alicyclic amines) is 1. The third-order valence-electron chi connectivity index (χ3n) is 4.01. The number of piperidine rings is 1. The Hall–Kier alpha value is -0.900. The Kier molecular flexibility index (Phi) is 3.37. The SMILES string of the molecule is CCc1csc(C2CCN(C(=O)C3CC3)CC2)n1. The van der Waals surface area contributed by atoms with Crippen LogP contribution in [0.1, 0.15) is 49.2 Å². The summed E-state index contributed by atoms with van der Waals surface area (Å²) in [5.74, 6) is 1.36. The molecule has 0 N–H and O–H groups in total. The van der Waals surface area contributed by atoms with Gasteiger partial charge in [0.15, 0.2) is 0 Å². The van der Waals surface area contributed by atoms with E-state index in [-0.39, 0.29) is 0 Å². The number of nitrogens with zero attached hydrogens (tertiary/aromatic N) is 2. The second kappa shape index (κ2) is 5.00. The lowest BCUT2D eigenvalue weighted by Crippen LogP contribution is -2.38. The van der Waals surface area contributed by atoms with Gasteiger partial charge >= 0.3 is 0 Å². The van der Waals surface area contributed by atoms with Crippen molar-refractivity contribution < 1.29 is 4.79 Å². The molecular weight excluding hydrogens is 244 g/mol. The molecule has 0 radical (unpaired) electrons. The summed E-state index contributed by atoms with van der Waals surface area (Å²) in [4.78, 5) is 18.7. The standard InChI is InChI=1S/C14H20N2OS/c1-2-12-9-18-13(15-12)10-5-7-16(8-6-10)14(17)11-3-4-11/h9-11H,2-8H2,1H3. The lowest BCUT2D eigenvalue weighted by Gasteiger charge is -2.31. The molecule has 0 unspecified atom stereocenters. The van der Waals surface area contributed by atoms with Gasteiger partial charge in [-0.15, -0.1) is 11.3 Å². The second-order valence-corrected chi connectivity index (χ2v) is 6.29. The topological polar surface area (TPSA) is 33.2 Å². The molecule has 1 aromatic heterocycles. The molecule has 1 saturated carbocycles. The van der Waals surface area contributed by atoms with Gasteiger partial charge in [0.25, 0.3) is 0 Å². The summed E-state index contributed by atoms with van der Waals surface area (Å²) in [6, 6.07) is 0. The third-order valence-corrected chi connectivity index (χ3v) is 5.07. The minimum absolute atomic E-state index is 0.369. The Morgan fingerprint density at radius 3 is 2.67 bits per heavy atom. The normalized spacial score (nSPS) is 21.3. The molecule has 1 aromatic rings. The van der Waals surface area contributed by atoms with Gasteiger partial charge in [-0.3, -0.25) is 4.79 Å². The van der Waals surface area contributed by atoms with Crippen LogP contribution in [0, 0.1) is 5.92 Å². The Morgan fingerprint density at radius 2 is 2.11 bits per heavy atom. The van der Waals surface area contributed by atoms with Crippen LogP contribution in [-0.4, -0.2) is 28.9 Å². The number of carbonyl (C=O) groups excluding carboxylic acids is 1. The first-order valence-corrected chi connectivity index (χ1v) is 7.89. The Bertz CT molecular complexity index is 431. The largest absolute Gasteiger partial charge is 0.342 e. The maximum atomic E-state index is 12.0. The van der Waals surface area contributed by atoms with Crippen LogP contribution >= 0.6 is 11.3 Å². The number of rotatable bonds is 3. The monoisotopic (exact) mass is 264 g/mol. The van der Waals surface area contributed by atoms with Crippen LogP contribution in [0.3, 0.4) is 0 Å². The molecule has 0 spiro atoms. The van der Waals surface area contributed by atoms with Crippen molar-refractivity contribution in [2.75, 3.05) is 13.1 Å². The second-order valence-electron chi connectivity index (χ2n) is 5.40. The number of thiazole rings is 1. The van der Waals surface area contributed by atoms with Gasteiger partial charge in [-0.1, -0.05) is 6.92 Å². The zero-order valence-corrected chi connectivity index (χ0v) is 11.7. The van der Waals surface area contributed by atoms with E-state index < -0.39 is 0 Å². The van der Waals surface area contributed by atoms with E-state index in [0.29, 0.717) is 17.7 Å². The molecule has 2 heterocycles. The molecule has 1 saturated heterocycles. The van der Waals surface area contributed by atoms with E-state index in [1.54, 1.807) is 11.3 Å². The summed E-state index contributed by atoms with van der Waals surface area (Å²) in [5, 5.41) is 3.46. The molecule has 0 aromatic carbocycles. The van der Waals surface area contributed by atoms with Crippen molar-refractivity contribution in [2.24, 2.45) is 5.92 Å².